The lowest BCUT2D eigenvalue weighted by Crippen LogP contribution is -2.30. The predicted molar refractivity (Wildman–Crippen MR) is 62.7 cm³/mol. The number of piperidine rings is 1. The standard InChI is InChI=1S/C10H15N3O2S/c1-13-5-3-2-4-6(13)7-8(9(14)15)16-10(11)12-7/h6H,2-5H2,1H3,(H2,11,12)(H,14,15). The van der Waals surface area contributed by atoms with Gasteiger partial charge in [-0.05, 0) is 26.4 Å². The minimum absolute atomic E-state index is 0.105. The maximum Gasteiger partial charge on any atom is 0.347 e. The third-order valence-electron chi connectivity index (χ3n) is 2.95. The second-order valence-corrected chi connectivity index (χ2v) is 5.09. The van der Waals surface area contributed by atoms with Crippen molar-refractivity contribution >= 4 is 22.4 Å². The van der Waals surface area contributed by atoms with E-state index in [1.165, 1.54) is 0 Å². The molecule has 6 heteroatoms. The Morgan fingerprint density at radius 1 is 1.62 bits per heavy atom. The Balaban J connectivity index is 2.34. The van der Waals surface area contributed by atoms with E-state index in [9.17, 15) is 4.79 Å². The number of carbonyl (C=O) groups is 1. The number of nitrogen functional groups attached to an aromatic ring is 1. The van der Waals surface area contributed by atoms with E-state index in [2.05, 4.69) is 9.88 Å². The van der Waals surface area contributed by atoms with Gasteiger partial charge < -0.3 is 10.8 Å². The first-order valence-corrected chi connectivity index (χ1v) is 6.11. The topological polar surface area (TPSA) is 79.5 Å². The summed E-state index contributed by atoms with van der Waals surface area (Å²) in [7, 11) is 2.00. The molecule has 1 saturated heterocycles. The molecule has 1 aliphatic heterocycles. The fourth-order valence-electron chi connectivity index (χ4n) is 2.15. The smallest absolute Gasteiger partial charge is 0.347 e. The molecule has 1 fully saturated rings. The molecule has 3 N–H and O–H groups in total. The zero-order chi connectivity index (χ0) is 11.7. The summed E-state index contributed by atoms with van der Waals surface area (Å²) < 4.78 is 0. The quantitative estimate of drug-likeness (QED) is 0.821. The first-order chi connectivity index (χ1) is 7.59. The van der Waals surface area contributed by atoms with Crippen LogP contribution in [0.3, 0.4) is 0 Å². The van der Waals surface area contributed by atoms with E-state index < -0.39 is 5.97 Å². The Bertz CT molecular complexity index is 405. The van der Waals surface area contributed by atoms with Gasteiger partial charge in [0.2, 0.25) is 0 Å². The monoisotopic (exact) mass is 241 g/mol. The second-order valence-electron chi connectivity index (χ2n) is 4.06. The molecule has 2 heterocycles. The number of anilines is 1. The normalized spacial score (nSPS) is 22.2. The van der Waals surface area contributed by atoms with Gasteiger partial charge in [-0.2, -0.15) is 0 Å². The molecule has 0 saturated carbocycles. The van der Waals surface area contributed by atoms with Crippen LogP contribution in [0.25, 0.3) is 0 Å². The summed E-state index contributed by atoms with van der Waals surface area (Å²) in [6.45, 7) is 0.987. The highest BCUT2D eigenvalue weighted by Gasteiger charge is 2.28. The van der Waals surface area contributed by atoms with Crippen molar-refractivity contribution in [3.05, 3.63) is 10.6 Å². The van der Waals surface area contributed by atoms with Crippen LogP contribution in [0.1, 0.15) is 40.7 Å². The summed E-state index contributed by atoms with van der Waals surface area (Å²) in [5.41, 5.74) is 6.23. The predicted octanol–water partition coefficient (Wildman–Crippen LogP) is 1.58. The van der Waals surface area contributed by atoms with E-state index in [-0.39, 0.29) is 10.9 Å². The molecular weight excluding hydrogens is 226 g/mol. The molecule has 0 aliphatic carbocycles. The van der Waals surface area contributed by atoms with E-state index in [4.69, 9.17) is 10.8 Å². The maximum atomic E-state index is 11.1. The number of aromatic carboxylic acids is 1. The molecule has 1 aromatic heterocycles. The minimum Gasteiger partial charge on any atom is -0.477 e. The lowest BCUT2D eigenvalue weighted by Gasteiger charge is -2.31. The fourth-order valence-corrected chi connectivity index (χ4v) is 2.88. The molecule has 88 valence electrons. The van der Waals surface area contributed by atoms with E-state index in [0.29, 0.717) is 10.8 Å². The number of aromatic nitrogens is 1. The summed E-state index contributed by atoms with van der Waals surface area (Å²) in [4.78, 5) is 17.7. The zero-order valence-corrected chi connectivity index (χ0v) is 9.96. The lowest BCUT2D eigenvalue weighted by molar-refractivity contribution is 0.0696. The fraction of sp³-hybridized carbons (Fsp3) is 0.600. The Morgan fingerprint density at radius 2 is 2.38 bits per heavy atom. The third kappa shape index (κ3) is 2.03. The van der Waals surface area contributed by atoms with E-state index >= 15 is 0 Å². The Morgan fingerprint density at radius 3 is 3.00 bits per heavy atom. The van der Waals surface area contributed by atoms with Crippen molar-refractivity contribution in [1.29, 1.82) is 0 Å². The Hall–Kier alpha value is -1.14. The first-order valence-electron chi connectivity index (χ1n) is 5.29. The highest BCUT2D eigenvalue weighted by molar-refractivity contribution is 7.17. The van der Waals surface area contributed by atoms with Crippen LogP contribution in [0.2, 0.25) is 0 Å². The van der Waals surface area contributed by atoms with Crippen LogP contribution < -0.4 is 5.73 Å². The minimum atomic E-state index is -0.928. The lowest BCUT2D eigenvalue weighted by atomic mass is 9.99. The van der Waals surface area contributed by atoms with Crippen molar-refractivity contribution in [1.82, 2.24) is 9.88 Å². The first kappa shape index (κ1) is 11.3. The average Bonchev–Trinajstić information content (AvgIpc) is 2.61. The second kappa shape index (κ2) is 4.39. The number of nitrogens with zero attached hydrogens (tertiary/aromatic N) is 2. The van der Waals surface area contributed by atoms with Gasteiger partial charge in [0.15, 0.2) is 5.13 Å². The highest BCUT2D eigenvalue weighted by atomic mass is 32.1. The molecule has 0 radical (unpaired) electrons. The third-order valence-corrected chi connectivity index (χ3v) is 3.84. The van der Waals surface area contributed by atoms with Gasteiger partial charge in [0, 0.05) is 0 Å². The molecule has 1 aromatic rings. The average molecular weight is 241 g/mol. The zero-order valence-electron chi connectivity index (χ0n) is 9.14. The van der Waals surface area contributed by atoms with Gasteiger partial charge in [-0.15, -0.1) is 0 Å². The SMILES string of the molecule is CN1CCCCC1c1nc(N)sc1C(=O)O. The van der Waals surface area contributed by atoms with Crippen LogP contribution in [0.4, 0.5) is 5.13 Å². The van der Waals surface area contributed by atoms with Crippen LogP contribution in [0.15, 0.2) is 0 Å². The molecule has 16 heavy (non-hydrogen) atoms. The number of hydrogen-bond donors (Lipinski definition) is 2. The number of nitrogens with two attached hydrogens (primary N) is 1. The van der Waals surface area contributed by atoms with Crippen molar-refractivity contribution < 1.29 is 9.90 Å². The Labute approximate surface area is 97.9 Å². The number of rotatable bonds is 2. The van der Waals surface area contributed by atoms with Crippen molar-refractivity contribution in [2.45, 2.75) is 25.3 Å². The molecule has 1 atom stereocenters. The van der Waals surface area contributed by atoms with Gasteiger partial charge in [0.25, 0.3) is 0 Å². The van der Waals surface area contributed by atoms with E-state index in [0.717, 1.165) is 37.1 Å². The van der Waals surface area contributed by atoms with Gasteiger partial charge in [0.05, 0.1) is 11.7 Å². The molecular formula is C10H15N3O2S. The van der Waals surface area contributed by atoms with E-state index in [1.807, 2.05) is 7.05 Å². The summed E-state index contributed by atoms with van der Waals surface area (Å²) >= 11 is 1.06. The van der Waals surface area contributed by atoms with Gasteiger partial charge in [-0.1, -0.05) is 17.8 Å². The molecule has 0 amide bonds. The van der Waals surface area contributed by atoms with Crippen LogP contribution in [-0.4, -0.2) is 34.6 Å². The molecule has 0 spiro atoms. The number of thiazole rings is 1. The van der Waals surface area contributed by atoms with Crippen molar-refractivity contribution in [3.63, 3.8) is 0 Å². The van der Waals surface area contributed by atoms with E-state index in [1.54, 1.807) is 0 Å². The molecule has 1 aliphatic rings. The van der Waals surface area contributed by atoms with Crippen molar-refractivity contribution in [3.8, 4) is 0 Å². The van der Waals surface area contributed by atoms with Crippen LogP contribution in [-0.2, 0) is 0 Å². The molecule has 5 nitrogen and oxygen atoms in total. The van der Waals surface area contributed by atoms with Crippen molar-refractivity contribution in [2.24, 2.45) is 0 Å². The molecule has 0 bridgehead atoms. The van der Waals surface area contributed by atoms with Gasteiger partial charge >= 0.3 is 5.97 Å². The number of carboxylic acids is 1. The van der Waals surface area contributed by atoms with Crippen LogP contribution in [0, 0.1) is 0 Å². The van der Waals surface area contributed by atoms with Crippen LogP contribution >= 0.6 is 11.3 Å². The summed E-state index contributed by atoms with van der Waals surface area (Å²) in [5.74, 6) is -0.928. The highest BCUT2D eigenvalue weighted by Crippen LogP contribution is 2.34. The summed E-state index contributed by atoms with van der Waals surface area (Å²) in [6.07, 6.45) is 3.24. The number of hydrogen-bond acceptors (Lipinski definition) is 5. The van der Waals surface area contributed by atoms with Gasteiger partial charge in [-0.3, -0.25) is 4.90 Å². The number of likely N-dealkylation sites (tertiary alicyclic amines) is 1. The Kier molecular flexibility index (Phi) is 3.11. The largest absolute Gasteiger partial charge is 0.477 e. The van der Waals surface area contributed by atoms with Gasteiger partial charge in [-0.25, -0.2) is 9.78 Å². The summed E-state index contributed by atoms with van der Waals surface area (Å²) in [6, 6.07) is 0.105. The van der Waals surface area contributed by atoms with Crippen molar-refractivity contribution in [2.75, 3.05) is 19.3 Å². The number of carboxylic acid groups (broad SMARTS) is 1. The molecule has 0 aromatic carbocycles. The molecule has 1 unspecified atom stereocenters. The maximum absolute atomic E-state index is 11.1. The summed E-state index contributed by atoms with van der Waals surface area (Å²) in [5, 5.41) is 9.43. The molecule has 2 rings (SSSR count). The van der Waals surface area contributed by atoms with Crippen LogP contribution in [0.5, 0.6) is 0 Å². The van der Waals surface area contributed by atoms with Gasteiger partial charge in [0.1, 0.15) is 4.88 Å².